The number of likely N-dealkylation sites (tertiary alicyclic amines) is 1. The van der Waals surface area contributed by atoms with E-state index in [0.29, 0.717) is 11.7 Å². The number of nitrogens with two attached hydrogens (primary N) is 1. The smallest absolute Gasteiger partial charge is 0.219 e. The van der Waals surface area contributed by atoms with Crippen molar-refractivity contribution in [3.8, 4) is 11.3 Å². The molecule has 1 saturated heterocycles. The van der Waals surface area contributed by atoms with Crippen molar-refractivity contribution in [3.63, 3.8) is 0 Å². The molecule has 0 aliphatic carbocycles. The van der Waals surface area contributed by atoms with Crippen LogP contribution in [-0.2, 0) is 11.2 Å². The second kappa shape index (κ2) is 10.4. The van der Waals surface area contributed by atoms with E-state index in [4.69, 9.17) is 15.7 Å². The molecule has 0 bridgehead atoms. The quantitative estimate of drug-likeness (QED) is 0.373. The molecule has 0 radical (unpaired) electrons. The van der Waals surface area contributed by atoms with Crippen molar-refractivity contribution >= 4 is 28.9 Å². The van der Waals surface area contributed by atoms with Crippen LogP contribution < -0.4 is 5.73 Å². The number of hydrogen-bond donors (Lipinski definition) is 1. The molecule has 7 heteroatoms. The fourth-order valence-corrected chi connectivity index (χ4v) is 4.99. The normalized spacial score (nSPS) is 14.5. The number of hydrogen-bond acceptors (Lipinski definition) is 5. The maximum atomic E-state index is 11.7. The lowest BCUT2D eigenvalue weighted by Gasteiger charge is -2.31. The monoisotopic (exact) mass is 492 g/mol. The maximum Gasteiger partial charge on any atom is 0.219 e. The number of nitrogens with zero attached hydrogens (tertiary/aromatic N) is 5. The van der Waals surface area contributed by atoms with Gasteiger partial charge in [0.2, 0.25) is 5.91 Å². The summed E-state index contributed by atoms with van der Waals surface area (Å²) >= 11 is 0. The largest absolute Gasteiger partial charge is 0.382 e. The Kier molecular flexibility index (Phi) is 6.86. The molecule has 4 heterocycles. The van der Waals surface area contributed by atoms with E-state index in [0.717, 1.165) is 77.5 Å². The lowest BCUT2D eigenvalue weighted by atomic mass is 9.93. The van der Waals surface area contributed by atoms with Gasteiger partial charge in [0, 0.05) is 50.1 Å². The number of carbonyl (C=O) groups excluding carboxylic acids is 1. The Morgan fingerprint density at radius 1 is 1.14 bits per heavy atom. The number of amides is 1. The fraction of sp³-hybridized carbons (Fsp3) is 0.267. The van der Waals surface area contributed by atoms with Crippen molar-refractivity contribution in [1.29, 1.82) is 0 Å². The second-order valence-electron chi connectivity index (χ2n) is 9.66. The number of rotatable bonds is 6. The van der Waals surface area contributed by atoms with Crippen LogP contribution in [-0.4, -0.2) is 43.2 Å². The standard InChI is InChI=1S/C30H32N6O/c1-20(9-10-24-11-12-26(33-21(24)2)25-7-5-4-6-8-25)28-29-30(31)32-15-18-36(29)27(34-28)19-23-13-16-35(17-14-23)22(3)37/h4-12,15,18,23H,1,13-14,16-17,19H2,2-3H3,(H2,31,32)/b10-9-. The average Bonchev–Trinajstić information content (AvgIpc) is 3.28. The molecule has 0 saturated carbocycles. The Labute approximate surface area is 217 Å². The third-order valence-corrected chi connectivity index (χ3v) is 7.15. The van der Waals surface area contributed by atoms with Crippen molar-refractivity contribution in [1.82, 2.24) is 24.3 Å². The van der Waals surface area contributed by atoms with Gasteiger partial charge in [-0.05, 0) is 42.9 Å². The van der Waals surface area contributed by atoms with Gasteiger partial charge in [-0.15, -0.1) is 0 Å². The van der Waals surface area contributed by atoms with Crippen molar-refractivity contribution in [2.24, 2.45) is 5.92 Å². The minimum Gasteiger partial charge on any atom is -0.382 e. The molecule has 3 aromatic heterocycles. The Hall–Kier alpha value is -4.26. The number of piperidine rings is 1. The number of imidazole rings is 1. The Morgan fingerprint density at radius 2 is 1.89 bits per heavy atom. The number of carbonyl (C=O) groups is 1. The molecule has 0 spiro atoms. The van der Waals surface area contributed by atoms with E-state index in [1.807, 2.05) is 58.8 Å². The highest BCUT2D eigenvalue weighted by Gasteiger charge is 2.24. The van der Waals surface area contributed by atoms with E-state index in [-0.39, 0.29) is 5.91 Å². The summed E-state index contributed by atoms with van der Waals surface area (Å²) in [6, 6.07) is 14.3. The van der Waals surface area contributed by atoms with Crippen molar-refractivity contribution in [3.05, 3.63) is 90.3 Å². The summed E-state index contributed by atoms with van der Waals surface area (Å²) in [7, 11) is 0. The van der Waals surface area contributed by atoms with Crippen LogP contribution in [0.4, 0.5) is 5.82 Å². The van der Waals surface area contributed by atoms with Crippen LogP contribution in [0, 0.1) is 12.8 Å². The number of aryl methyl sites for hydroxylation is 1. The highest BCUT2D eigenvalue weighted by atomic mass is 16.2. The van der Waals surface area contributed by atoms with Crippen LogP contribution in [0.15, 0.2) is 67.5 Å². The number of anilines is 1. The summed E-state index contributed by atoms with van der Waals surface area (Å²) in [6.45, 7) is 9.55. The Morgan fingerprint density at radius 3 is 2.59 bits per heavy atom. The first-order valence-electron chi connectivity index (χ1n) is 12.7. The Balaban J connectivity index is 1.38. The summed E-state index contributed by atoms with van der Waals surface area (Å²) in [5.41, 5.74) is 12.6. The number of pyridine rings is 1. The molecular formula is C30H32N6O. The molecule has 1 aliphatic heterocycles. The van der Waals surface area contributed by atoms with Crippen molar-refractivity contribution < 1.29 is 4.79 Å². The third-order valence-electron chi connectivity index (χ3n) is 7.15. The molecule has 1 amide bonds. The lowest BCUT2D eigenvalue weighted by molar-refractivity contribution is -0.130. The average molecular weight is 493 g/mol. The summed E-state index contributed by atoms with van der Waals surface area (Å²) in [4.78, 5) is 27.7. The predicted molar refractivity (Wildman–Crippen MR) is 149 cm³/mol. The maximum absolute atomic E-state index is 11.7. The Bertz CT molecular complexity index is 1480. The van der Waals surface area contributed by atoms with Gasteiger partial charge in [-0.25, -0.2) is 9.97 Å². The molecule has 2 N–H and O–H groups in total. The zero-order chi connectivity index (χ0) is 25.9. The molecule has 7 nitrogen and oxygen atoms in total. The number of allylic oxidation sites excluding steroid dienone is 2. The SMILES string of the molecule is C=C(/C=C\c1ccc(-c2ccccc2)nc1C)c1nc(CC2CCN(C(C)=O)CC2)n2ccnc(N)c12. The highest BCUT2D eigenvalue weighted by Crippen LogP contribution is 2.29. The first-order valence-corrected chi connectivity index (χ1v) is 12.7. The fourth-order valence-electron chi connectivity index (χ4n) is 4.99. The summed E-state index contributed by atoms with van der Waals surface area (Å²) in [5, 5.41) is 0. The van der Waals surface area contributed by atoms with E-state index < -0.39 is 0 Å². The van der Waals surface area contributed by atoms with Crippen LogP contribution in [0.5, 0.6) is 0 Å². The van der Waals surface area contributed by atoms with Gasteiger partial charge < -0.3 is 10.6 Å². The zero-order valence-corrected chi connectivity index (χ0v) is 21.4. The molecule has 1 aromatic carbocycles. The van der Waals surface area contributed by atoms with E-state index in [1.54, 1.807) is 13.1 Å². The highest BCUT2D eigenvalue weighted by molar-refractivity contribution is 5.88. The van der Waals surface area contributed by atoms with Gasteiger partial charge in [0.15, 0.2) is 0 Å². The van der Waals surface area contributed by atoms with E-state index in [1.165, 1.54) is 0 Å². The van der Waals surface area contributed by atoms with Gasteiger partial charge >= 0.3 is 0 Å². The van der Waals surface area contributed by atoms with Crippen LogP contribution in [0.2, 0.25) is 0 Å². The molecule has 1 aliphatic rings. The van der Waals surface area contributed by atoms with Gasteiger partial charge in [0.25, 0.3) is 0 Å². The minimum atomic E-state index is 0.147. The van der Waals surface area contributed by atoms with Gasteiger partial charge in [-0.1, -0.05) is 55.1 Å². The number of aromatic nitrogens is 4. The molecule has 188 valence electrons. The van der Waals surface area contributed by atoms with Gasteiger partial charge in [0.05, 0.1) is 11.4 Å². The van der Waals surface area contributed by atoms with E-state index in [2.05, 4.69) is 29.8 Å². The third kappa shape index (κ3) is 5.16. The molecule has 1 fully saturated rings. The predicted octanol–water partition coefficient (Wildman–Crippen LogP) is 5.21. The molecule has 37 heavy (non-hydrogen) atoms. The van der Waals surface area contributed by atoms with Gasteiger partial charge in [-0.2, -0.15) is 0 Å². The lowest BCUT2D eigenvalue weighted by Crippen LogP contribution is -2.37. The molecule has 0 unspecified atom stereocenters. The van der Waals surface area contributed by atoms with Crippen molar-refractivity contribution in [2.45, 2.75) is 33.1 Å². The van der Waals surface area contributed by atoms with Crippen LogP contribution in [0.25, 0.3) is 28.4 Å². The molecule has 0 atom stereocenters. The van der Waals surface area contributed by atoms with Gasteiger partial charge in [0.1, 0.15) is 17.2 Å². The van der Waals surface area contributed by atoms with Crippen LogP contribution in [0.3, 0.4) is 0 Å². The number of fused-ring (bicyclic) bond motifs is 1. The molecular weight excluding hydrogens is 460 g/mol. The topological polar surface area (TPSA) is 89.4 Å². The van der Waals surface area contributed by atoms with Gasteiger partial charge in [-0.3, -0.25) is 14.2 Å². The zero-order valence-electron chi connectivity index (χ0n) is 21.4. The van der Waals surface area contributed by atoms with Crippen LogP contribution in [0.1, 0.15) is 42.5 Å². The summed E-state index contributed by atoms with van der Waals surface area (Å²) < 4.78 is 2.04. The number of nitrogen functional groups attached to an aromatic ring is 1. The molecule has 4 aromatic rings. The number of benzene rings is 1. The van der Waals surface area contributed by atoms with Crippen molar-refractivity contribution in [2.75, 3.05) is 18.8 Å². The van der Waals surface area contributed by atoms with Crippen LogP contribution >= 0.6 is 0 Å². The first-order chi connectivity index (χ1) is 17.9. The van der Waals surface area contributed by atoms with E-state index in [9.17, 15) is 4.79 Å². The summed E-state index contributed by atoms with van der Waals surface area (Å²) in [5.74, 6) is 1.99. The molecule has 5 rings (SSSR count). The minimum absolute atomic E-state index is 0.147. The first kappa shape index (κ1) is 24.4. The van der Waals surface area contributed by atoms with E-state index >= 15 is 0 Å². The summed E-state index contributed by atoms with van der Waals surface area (Å²) in [6.07, 6.45) is 10.4. The second-order valence-corrected chi connectivity index (χ2v) is 9.66.